The van der Waals surface area contributed by atoms with E-state index in [0.717, 1.165) is 36.3 Å². The van der Waals surface area contributed by atoms with Crippen LogP contribution in [0.5, 0.6) is 5.75 Å². The van der Waals surface area contributed by atoms with Crippen molar-refractivity contribution >= 4 is 17.4 Å². The Bertz CT molecular complexity index is 1030. The molecule has 3 heterocycles. The predicted octanol–water partition coefficient (Wildman–Crippen LogP) is 2.78. The predicted molar refractivity (Wildman–Crippen MR) is 117 cm³/mol. The molecule has 0 radical (unpaired) electrons. The lowest BCUT2D eigenvalue weighted by Gasteiger charge is -2.25. The summed E-state index contributed by atoms with van der Waals surface area (Å²) in [5.41, 5.74) is 2.37. The third kappa shape index (κ3) is 4.05. The van der Waals surface area contributed by atoms with Crippen molar-refractivity contribution in [3.8, 4) is 5.75 Å². The summed E-state index contributed by atoms with van der Waals surface area (Å²) in [6.07, 6.45) is 4.79. The van der Waals surface area contributed by atoms with Crippen LogP contribution in [0.3, 0.4) is 0 Å². The summed E-state index contributed by atoms with van der Waals surface area (Å²) in [4.78, 5) is 33.6. The maximum atomic E-state index is 13.0. The molecule has 2 atom stereocenters. The normalized spacial score (nSPS) is 22.1. The van der Waals surface area contributed by atoms with Crippen LogP contribution >= 0.6 is 0 Å². The third-order valence-corrected chi connectivity index (χ3v) is 5.74. The molecule has 2 aliphatic heterocycles. The average molecular weight is 421 g/mol. The van der Waals surface area contributed by atoms with Crippen molar-refractivity contribution in [1.82, 2.24) is 14.8 Å². The van der Waals surface area contributed by atoms with Crippen LogP contribution < -0.4 is 4.74 Å². The van der Waals surface area contributed by atoms with E-state index in [1.165, 1.54) is 0 Å². The highest BCUT2D eigenvalue weighted by atomic mass is 16.5. The largest absolute Gasteiger partial charge is 0.507 e. The molecule has 2 aromatic rings. The summed E-state index contributed by atoms with van der Waals surface area (Å²) in [6.45, 7) is 3.19. The first-order chi connectivity index (χ1) is 14.9. The van der Waals surface area contributed by atoms with E-state index >= 15 is 0 Å². The number of amides is 1. The molecule has 4 rings (SSSR count). The first-order valence-corrected chi connectivity index (χ1v) is 10.5. The Kier molecular flexibility index (Phi) is 5.78. The summed E-state index contributed by atoms with van der Waals surface area (Å²) < 4.78 is 5.74. The van der Waals surface area contributed by atoms with Crippen molar-refractivity contribution in [2.24, 2.45) is 0 Å². The quantitative estimate of drug-likeness (QED) is 0.439. The minimum absolute atomic E-state index is 0.0755. The summed E-state index contributed by atoms with van der Waals surface area (Å²) in [6, 6.07) is 8.30. The number of carbonyl (C=O) groups is 2. The number of nitrogens with zero attached hydrogens (tertiary/aromatic N) is 3. The molecule has 2 aliphatic rings. The fourth-order valence-corrected chi connectivity index (χ4v) is 4.29. The van der Waals surface area contributed by atoms with E-state index in [9.17, 15) is 14.7 Å². The zero-order valence-corrected chi connectivity index (χ0v) is 18.0. The second-order valence-electron chi connectivity index (χ2n) is 8.38. The van der Waals surface area contributed by atoms with Crippen molar-refractivity contribution in [2.75, 3.05) is 27.2 Å². The zero-order chi connectivity index (χ0) is 22.1. The molecule has 1 saturated heterocycles. The lowest BCUT2D eigenvalue weighted by molar-refractivity contribution is -0.139. The Morgan fingerprint density at radius 1 is 1.23 bits per heavy atom. The number of ether oxygens (including phenoxy) is 1. The van der Waals surface area contributed by atoms with Gasteiger partial charge in [0.05, 0.1) is 11.6 Å². The number of ketones is 1. The van der Waals surface area contributed by atoms with E-state index in [0.29, 0.717) is 12.1 Å². The molecule has 1 fully saturated rings. The van der Waals surface area contributed by atoms with Gasteiger partial charge in [0, 0.05) is 30.9 Å². The molecule has 0 aliphatic carbocycles. The highest BCUT2D eigenvalue weighted by Crippen LogP contribution is 2.40. The lowest BCUT2D eigenvalue weighted by Crippen LogP contribution is -2.32. The minimum Gasteiger partial charge on any atom is -0.507 e. The number of hydrogen-bond donors (Lipinski definition) is 1. The molecule has 1 N–H and O–H groups in total. The van der Waals surface area contributed by atoms with Gasteiger partial charge in [-0.25, -0.2) is 0 Å². The number of benzene rings is 1. The number of rotatable bonds is 6. The van der Waals surface area contributed by atoms with E-state index < -0.39 is 17.7 Å². The molecule has 7 nitrogen and oxygen atoms in total. The van der Waals surface area contributed by atoms with Gasteiger partial charge in [0.2, 0.25) is 0 Å². The summed E-state index contributed by atoms with van der Waals surface area (Å²) >= 11 is 0. The smallest absolute Gasteiger partial charge is 0.295 e. The van der Waals surface area contributed by atoms with Gasteiger partial charge in [-0.05, 0) is 75.4 Å². The Hall–Kier alpha value is -3.19. The first kappa shape index (κ1) is 21.1. The monoisotopic (exact) mass is 421 g/mol. The summed E-state index contributed by atoms with van der Waals surface area (Å²) in [5, 5.41) is 11.2. The number of aliphatic hydroxyl groups excluding tert-OH is 1. The van der Waals surface area contributed by atoms with Gasteiger partial charge in [0.1, 0.15) is 17.6 Å². The van der Waals surface area contributed by atoms with E-state index in [-0.39, 0.29) is 17.4 Å². The Balaban J connectivity index is 1.76. The van der Waals surface area contributed by atoms with Crippen molar-refractivity contribution in [2.45, 2.75) is 31.9 Å². The second kappa shape index (κ2) is 8.51. The molecule has 1 amide bonds. The fourth-order valence-electron chi connectivity index (χ4n) is 4.29. The topological polar surface area (TPSA) is 83.0 Å². The third-order valence-electron chi connectivity index (χ3n) is 5.74. The van der Waals surface area contributed by atoms with Gasteiger partial charge in [-0.3, -0.25) is 14.6 Å². The molecule has 0 spiro atoms. The number of aromatic nitrogens is 1. The molecular formula is C24H27N3O4. The highest BCUT2D eigenvalue weighted by molar-refractivity contribution is 6.46. The van der Waals surface area contributed by atoms with Crippen molar-refractivity contribution in [3.63, 3.8) is 0 Å². The number of likely N-dealkylation sites (tertiary alicyclic amines) is 1. The Labute approximate surface area is 182 Å². The first-order valence-electron chi connectivity index (χ1n) is 10.5. The number of aliphatic hydroxyl groups is 1. The Morgan fingerprint density at radius 3 is 2.68 bits per heavy atom. The molecule has 0 bridgehead atoms. The van der Waals surface area contributed by atoms with Crippen LogP contribution in [0.15, 0.2) is 48.3 Å². The van der Waals surface area contributed by atoms with E-state index in [4.69, 9.17) is 4.74 Å². The molecule has 7 heteroatoms. The SMILES string of the molecule is C[C@@H]1Cc2cc(C(O)=C3C(=O)C(=O)N(CCCN(C)C)[C@@H]3c3ccncc3)ccc2O1. The molecule has 31 heavy (non-hydrogen) atoms. The standard InChI is InChI=1S/C24H27N3O4/c1-15-13-18-14-17(5-6-19(18)31-15)22(28)20-21(16-7-9-25-10-8-16)27(24(30)23(20)29)12-4-11-26(2)3/h5-10,14-15,21,28H,4,11-13H2,1-3H3/t15-,21-/m1/s1. The number of fused-ring (bicyclic) bond motifs is 1. The molecule has 0 unspecified atom stereocenters. The van der Waals surface area contributed by atoms with Crippen LogP contribution in [-0.2, 0) is 16.0 Å². The van der Waals surface area contributed by atoms with Gasteiger partial charge >= 0.3 is 0 Å². The van der Waals surface area contributed by atoms with Gasteiger partial charge in [0.15, 0.2) is 0 Å². The summed E-state index contributed by atoms with van der Waals surface area (Å²) in [7, 11) is 3.93. The molecular weight excluding hydrogens is 394 g/mol. The average Bonchev–Trinajstić information content (AvgIpc) is 3.24. The Morgan fingerprint density at radius 2 is 1.97 bits per heavy atom. The van der Waals surface area contributed by atoms with E-state index in [1.807, 2.05) is 38.1 Å². The molecule has 162 valence electrons. The van der Waals surface area contributed by atoms with Gasteiger partial charge in [-0.1, -0.05) is 0 Å². The van der Waals surface area contributed by atoms with Crippen LogP contribution in [0.1, 0.15) is 36.1 Å². The van der Waals surface area contributed by atoms with E-state index in [1.54, 1.807) is 35.5 Å². The number of hydrogen-bond acceptors (Lipinski definition) is 6. The minimum atomic E-state index is -0.658. The molecule has 1 aromatic carbocycles. The van der Waals surface area contributed by atoms with Crippen LogP contribution in [0.2, 0.25) is 0 Å². The maximum Gasteiger partial charge on any atom is 0.295 e. The second-order valence-corrected chi connectivity index (χ2v) is 8.38. The number of carbonyl (C=O) groups excluding carboxylic acids is 2. The number of pyridine rings is 1. The van der Waals surface area contributed by atoms with Gasteiger partial charge in [-0.2, -0.15) is 0 Å². The lowest BCUT2D eigenvalue weighted by atomic mass is 9.95. The summed E-state index contributed by atoms with van der Waals surface area (Å²) in [5.74, 6) is -0.606. The van der Waals surface area contributed by atoms with Gasteiger partial charge in [0.25, 0.3) is 11.7 Å². The van der Waals surface area contributed by atoms with Crippen molar-refractivity contribution in [3.05, 3.63) is 65.0 Å². The molecule has 0 saturated carbocycles. The maximum absolute atomic E-state index is 13.0. The van der Waals surface area contributed by atoms with Crippen LogP contribution in [0.4, 0.5) is 0 Å². The molecule has 1 aromatic heterocycles. The van der Waals surface area contributed by atoms with E-state index in [2.05, 4.69) is 4.98 Å². The highest BCUT2D eigenvalue weighted by Gasteiger charge is 2.45. The van der Waals surface area contributed by atoms with Crippen molar-refractivity contribution in [1.29, 1.82) is 0 Å². The van der Waals surface area contributed by atoms with Crippen LogP contribution in [0, 0.1) is 0 Å². The fraction of sp³-hybridized carbons (Fsp3) is 0.375. The van der Waals surface area contributed by atoms with Crippen LogP contribution in [-0.4, -0.2) is 64.9 Å². The zero-order valence-electron chi connectivity index (χ0n) is 18.0. The van der Waals surface area contributed by atoms with Crippen molar-refractivity contribution < 1.29 is 19.4 Å². The van der Waals surface area contributed by atoms with Gasteiger partial charge < -0.3 is 19.6 Å². The van der Waals surface area contributed by atoms with Crippen LogP contribution in [0.25, 0.3) is 5.76 Å². The van der Waals surface area contributed by atoms with Gasteiger partial charge in [-0.15, -0.1) is 0 Å². The number of Topliss-reactive ketones (excluding diaryl/α,β-unsaturated/α-hetero) is 1.